The van der Waals surface area contributed by atoms with Gasteiger partial charge in [0.1, 0.15) is 5.60 Å². The Kier molecular flexibility index (Phi) is 8.77. The minimum absolute atomic E-state index is 0.114. The Hall–Kier alpha value is -1.59. The molecule has 1 heterocycles. The van der Waals surface area contributed by atoms with Crippen molar-refractivity contribution >= 4 is 6.09 Å². The molecule has 1 aliphatic rings. The van der Waals surface area contributed by atoms with Crippen molar-refractivity contribution in [2.75, 3.05) is 26.2 Å². The van der Waals surface area contributed by atoms with Crippen molar-refractivity contribution in [2.24, 2.45) is 17.8 Å². The van der Waals surface area contributed by atoms with Gasteiger partial charge in [-0.2, -0.15) is 0 Å². The Bertz CT molecular complexity index is 577. The van der Waals surface area contributed by atoms with Gasteiger partial charge in [0, 0.05) is 6.54 Å². The summed E-state index contributed by atoms with van der Waals surface area (Å²) in [6.45, 7) is 14.2. The highest BCUT2D eigenvalue weighted by molar-refractivity contribution is 5.68. The molecule has 1 saturated heterocycles. The van der Waals surface area contributed by atoms with Gasteiger partial charge in [-0.1, -0.05) is 44.2 Å². The molecule has 3 N–H and O–H groups in total. The van der Waals surface area contributed by atoms with Crippen LogP contribution in [-0.2, 0) is 4.74 Å². The normalized spacial score (nSPS) is 17.9. The van der Waals surface area contributed by atoms with Crippen molar-refractivity contribution in [3.63, 3.8) is 0 Å². The number of hydrogen-bond donors (Lipinski definition) is 3. The first kappa shape index (κ1) is 22.7. The third-order valence-corrected chi connectivity index (χ3v) is 5.47. The van der Waals surface area contributed by atoms with E-state index in [0.29, 0.717) is 18.4 Å². The number of rotatable bonds is 8. The van der Waals surface area contributed by atoms with Crippen LogP contribution >= 0.6 is 0 Å². The molecule has 1 aromatic rings. The highest BCUT2D eigenvalue weighted by Gasteiger charge is 2.26. The van der Waals surface area contributed by atoms with Crippen LogP contribution in [-0.4, -0.2) is 37.9 Å². The Balaban J connectivity index is 1.96. The predicted molar refractivity (Wildman–Crippen MR) is 115 cm³/mol. The van der Waals surface area contributed by atoms with E-state index in [-0.39, 0.29) is 12.1 Å². The molecule has 0 radical (unpaired) electrons. The Labute approximate surface area is 171 Å². The molecule has 2 atom stereocenters. The topological polar surface area (TPSA) is 62.4 Å². The van der Waals surface area contributed by atoms with Crippen molar-refractivity contribution in [2.45, 2.75) is 59.1 Å². The number of carbonyl (C=O) groups is 1. The van der Waals surface area contributed by atoms with Crippen LogP contribution < -0.4 is 16.0 Å². The van der Waals surface area contributed by atoms with Gasteiger partial charge in [0.25, 0.3) is 0 Å². The summed E-state index contributed by atoms with van der Waals surface area (Å²) >= 11 is 0. The van der Waals surface area contributed by atoms with Crippen molar-refractivity contribution in [3.8, 4) is 0 Å². The molecule has 158 valence electrons. The molecule has 1 unspecified atom stereocenters. The summed E-state index contributed by atoms with van der Waals surface area (Å²) in [5.41, 5.74) is 0.583. The average Bonchev–Trinajstić information content (AvgIpc) is 2.64. The Morgan fingerprint density at radius 2 is 1.79 bits per heavy atom. The zero-order valence-electron chi connectivity index (χ0n) is 18.3. The van der Waals surface area contributed by atoms with Gasteiger partial charge in [-0.3, -0.25) is 0 Å². The molecule has 5 heteroatoms. The summed E-state index contributed by atoms with van der Waals surface area (Å²) in [6, 6.07) is 9.99. The SMILES string of the molecule is CC(C)[C@@H](CNCC(NC(=O)OC(C)(C)C)c1ccccc1)C1CCNCC1. The summed E-state index contributed by atoms with van der Waals surface area (Å²) < 4.78 is 5.47. The first-order valence-electron chi connectivity index (χ1n) is 10.7. The lowest BCUT2D eigenvalue weighted by molar-refractivity contribution is 0.0502. The number of piperidine rings is 1. The van der Waals surface area contributed by atoms with E-state index in [0.717, 1.165) is 31.1 Å². The van der Waals surface area contributed by atoms with Crippen molar-refractivity contribution < 1.29 is 9.53 Å². The van der Waals surface area contributed by atoms with Gasteiger partial charge < -0.3 is 20.7 Å². The number of amides is 1. The molecule has 5 nitrogen and oxygen atoms in total. The van der Waals surface area contributed by atoms with Gasteiger partial charge in [0.05, 0.1) is 6.04 Å². The fourth-order valence-corrected chi connectivity index (χ4v) is 4.00. The number of alkyl carbamates (subject to hydrolysis) is 1. The first-order chi connectivity index (χ1) is 13.3. The van der Waals surface area contributed by atoms with E-state index in [2.05, 4.69) is 41.9 Å². The molecule has 1 aliphatic heterocycles. The molecule has 2 rings (SSSR count). The van der Waals surface area contributed by atoms with E-state index in [9.17, 15) is 4.79 Å². The summed E-state index contributed by atoms with van der Waals surface area (Å²) in [5.74, 6) is 2.06. The highest BCUT2D eigenvalue weighted by Crippen LogP contribution is 2.27. The van der Waals surface area contributed by atoms with Gasteiger partial charge in [-0.05, 0) is 76.6 Å². The van der Waals surface area contributed by atoms with Crippen LogP contribution in [0.4, 0.5) is 4.79 Å². The van der Waals surface area contributed by atoms with Crippen LogP contribution in [0.5, 0.6) is 0 Å². The predicted octanol–water partition coefficient (Wildman–Crippen LogP) is 4.11. The second kappa shape index (κ2) is 10.8. The van der Waals surface area contributed by atoms with E-state index >= 15 is 0 Å². The van der Waals surface area contributed by atoms with Gasteiger partial charge in [0.2, 0.25) is 0 Å². The molecule has 0 bridgehead atoms. The van der Waals surface area contributed by atoms with Crippen LogP contribution in [0.25, 0.3) is 0 Å². The Morgan fingerprint density at radius 3 is 2.36 bits per heavy atom. The first-order valence-corrected chi connectivity index (χ1v) is 10.7. The van der Waals surface area contributed by atoms with Crippen LogP contribution in [0.3, 0.4) is 0 Å². The monoisotopic (exact) mass is 389 g/mol. The maximum atomic E-state index is 12.3. The fraction of sp³-hybridized carbons (Fsp3) is 0.696. The lowest BCUT2D eigenvalue weighted by Gasteiger charge is -2.34. The van der Waals surface area contributed by atoms with Gasteiger partial charge >= 0.3 is 6.09 Å². The van der Waals surface area contributed by atoms with E-state index in [1.807, 2.05) is 39.0 Å². The summed E-state index contributed by atoms with van der Waals surface area (Å²) in [5, 5.41) is 10.1. The van der Waals surface area contributed by atoms with Crippen molar-refractivity contribution in [3.05, 3.63) is 35.9 Å². The second-order valence-electron chi connectivity index (χ2n) is 9.26. The standard InChI is InChI=1S/C23H39N3O2/c1-17(2)20(18-11-13-24-14-12-18)15-25-16-21(19-9-7-6-8-10-19)26-22(27)28-23(3,4)5/h6-10,17-18,20-21,24-25H,11-16H2,1-5H3,(H,26,27)/t20-,21?/m1/s1. The molecule has 1 amide bonds. The molecule has 28 heavy (non-hydrogen) atoms. The van der Waals surface area contributed by atoms with Crippen LogP contribution in [0.1, 0.15) is 59.1 Å². The molecular formula is C23H39N3O2. The molecule has 0 saturated carbocycles. The minimum atomic E-state index is -0.503. The zero-order chi connectivity index (χ0) is 20.6. The van der Waals surface area contributed by atoms with E-state index < -0.39 is 5.60 Å². The third kappa shape index (κ3) is 7.80. The Morgan fingerprint density at radius 1 is 1.14 bits per heavy atom. The quantitative estimate of drug-likeness (QED) is 0.626. The largest absolute Gasteiger partial charge is 0.444 e. The highest BCUT2D eigenvalue weighted by atomic mass is 16.6. The van der Waals surface area contributed by atoms with Crippen molar-refractivity contribution in [1.29, 1.82) is 0 Å². The van der Waals surface area contributed by atoms with Crippen LogP contribution in [0, 0.1) is 17.8 Å². The lowest BCUT2D eigenvalue weighted by atomic mass is 9.78. The van der Waals surface area contributed by atoms with Crippen LogP contribution in [0.15, 0.2) is 30.3 Å². The average molecular weight is 390 g/mol. The molecule has 0 aliphatic carbocycles. The molecule has 0 spiro atoms. The fourth-order valence-electron chi connectivity index (χ4n) is 4.00. The summed E-state index contributed by atoms with van der Waals surface area (Å²) in [6.07, 6.45) is 2.13. The third-order valence-electron chi connectivity index (χ3n) is 5.47. The molecule has 0 aromatic heterocycles. The maximum Gasteiger partial charge on any atom is 0.408 e. The van der Waals surface area contributed by atoms with E-state index in [1.54, 1.807) is 0 Å². The molecule has 1 aromatic carbocycles. The smallest absolute Gasteiger partial charge is 0.408 e. The summed E-state index contributed by atoms with van der Waals surface area (Å²) in [7, 11) is 0. The van der Waals surface area contributed by atoms with Crippen LogP contribution in [0.2, 0.25) is 0 Å². The molecular weight excluding hydrogens is 350 g/mol. The van der Waals surface area contributed by atoms with Crippen molar-refractivity contribution in [1.82, 2.24) is 16.0 Å². The number of carbonyl (C=O) groups excluding carboxylic acids is 1. The van der Waals surface area contributed by atoms with Gasteiger partial charge in [0.15, 0.2) is 0 Å². The second-order valence-corrected chi connectivity index (χ2v) is 9.26. The number of benzene rings is 1. The van der Waals surface area contributed by atoms with E-state index in [1.165, 1.54) is 12.8 Å². The van der Waals surface area contributed by atoms with Gasteiger partial charge in [-0.25, -0.2) is 4.79 Å². The summed E-state index contributed by atoms with van der Waals surface area (Å²) in [4.78, 5) is 12.3. The molecule has 1 fully saturated rings. The minimum Gasteiger partial charge on any atom is -0.444 e. The zero-order valence-corrected chi connectivity index (χ0v) is 18.3. The lowest BCUT2D eigenvalue weighted by Crippen LogP contribution is -2.42. The van der Waals surface area contributed by atoms with E-state index in [4.69, 9.17) is 4.74 Å². The maximum absolute atomic E-state index is 12.3. The number of nitrogens with one attached hydrogen (secondary N) is 3. The number of ether oxygens (including phenoxy) is 1. The number of hydrogen-bond acceptors (Lipinski definition) is 4. The van der Waals surface area contributed by atoms with Gasteiger partial charge in [-0.15, -0.1) is 0 Å².